The van der Waals surface area contributed by atoms with Gasteiger partial charge in [0, 0.05) is 38.4 Å². The van der Waals surface area contributed by atoms with Crippen molar-refractivity contribution in [2.45, 2.75) is 18.7 Å². The standard InChI is InChI=1S/C21H25ClN4O4S/c1-13-9-15(10-19(14(13)2)31(29,30)25(3)4)21(28)24-16-5-6-18(17(22)11-16)26-8-7-23-20(27)12-26/h5-6,9-11H,7-8,12H2,1-4H3,(H,23,27)(H,24,28). The lowest BCUT2D eigenvalue weighted by atomic mass is 10.1. The highest BCUT2D eigenvalue weighted by Gasteiger charge is 2.23. The first kappa shape index (κ1) is 23.1. The highest BCUT2D eigenvalue weighted by Crippen LogP contribution is 2.30. The Morgan fingerprint density at radius 2 is 1.90 bits per heavy atom. The summed E-state index contributed by atoms with van der Waals surface area (Å²) in [4.78, 5) is 26.4. The van der Waals surface area contributed by atoms with Crippen LogP contribution >= 0.6 is 11.6 Å². The third-order valence-corrected chi connectivity index (χ3v) is 7.47. The van der Waals surface area contributed by atoms with E-state index in [1.165, 1.54) is 20.2 Å². The molecule has 0 radical (unpaired) electrons. The van der Waals surface area contributed by atoms with E-state index in [1.54, 1.807) is 38.1 Å². The molecule has 2 aromatic carbocycles. The van der Waals surface area contributed by atoms with Crippen molar-refractivity contribution in [3.05, 3.63) is 52.0 Å². The Hall–Kier alpha value is -2.62. The van der Waals surface area contributed by atoms with Gasteiger partial charge in [-0.2, -0.15) is 0 Å². The number of sulfonamides is 1. The fourth-order valence-electron chi connectivity index (χ4n) is 3.31. The minimum atomic E-state index is -3.69. The zero-order chi connectivity index (χ0) is 22.9. The predicted octanol–water partition coefficient (Wildman–Crippen LogP) is 2.40. The van der Waals surface area contributed by atoms with Crippen LogP contribution in [0.1, 0.15) is 21.5 Å². The summed E-state index contributed by atoms with van der Waals surface area (Å²) in [6.07, 6.45) is 0. The van der Waals surface area contributed by atoms with Crippen LogP contribution in [0.5, 0.6) is 0 Å². The van der Waals surface area contributed by atoms with E-state index in [2.05, 4.69) is 10.6 Å². The molecule has 0 atom stereocenters. The second-order valence-electron chi connectivity index (χ2n) is 7.60. The van der Waals surface area contributed by atoms with Crippen LogP contribution in [0.15, 0.2) is 35.2 Å². The molecule has 2 N–H and O–H groups in total. The Kier molecular flexibility index (Phi) is 6.59. The Bertz CT molecular complexity index is 1150. The first-order valence-corrected chi connectivity index (χ1v) is 11.5. The van der Waals surface area contributed by atoms with Gasteiger partial charge in [-0.25, -0.2) is 12.7 Å². The maximum Gasteiger partial charge on any atom is 0.255 e. The molecule has 0 bridgehead atoms. The monoisotopic (exact) mass is 464 g/mol. The van der Waals surface area contributed by atoms with Crippen molar-refractivity contribution in [3.8, 4) is 0 Å². The number of carbonyl (C=O) groups is 2. The molecule has 8 nitrogen and oxygen atoms in total. The predicted molar refractivity (Wildman–Crippen MR) is 121 cm³/mol. The summed E-state index contributed by atoms with van der Waals surface area (Å²) in [7, 11) is -0.793. The fourth-order valence-corrected chi connectivity index (χ4v) is 4.83. The highest BCUT2D eigenvalue weighted by molar-refractivity contribution is 7.89. The number of piperazine rings is 1. The molecule has 166 valence electrons. The van der Waals surface area contributed by atoms with E-state index in [-0.39, 0.29) is 22.9 Å². The Morgan fingerprint density at radius 3 is 2.52 bits per heavy atom. The van der Waals surface area contributed by atoms with Gasteiger partial charge < -0.3 is 15.5 Å². The number of benzene rings is 2. The van der Waals surface area contributed by atoms with E-state index in [4.69, 9.17) is 11.6 Å². The van der Waals surface area contributed by atoms with Gasteiger partial charge in [-0.05, 0) is 55.3 Å². The van der Waals surface area contributed by atoms with Gasteiger partial charge in [0.15, 0.2) is 0 Å². The molecule has 31 heavy (non-hydrogen) atoms. The third-order valence-electron chi connectivity index (χ3n) is 5.23. The number of rotatable bonds is 5. The van der Waals surface area contributed by atoms with Crippen molar-refractivity contribution in [1.29, 1.82) is 0 Å². The van der Waals surface area contributed by atoms with Crippen LogP contribution in [0.3, 0.4) is 0 Å². The maximum atomic E-state index is 12.8. The Labute approximate surface area is 187 Å². The molecule has 1 aliphatic rings. The van der Waals surface area contributed by atoms with Gasteiger partial charge in [0.2, 0.25) is 15.9 Å². The topological polar surface area (TPSA) is 98.8 Å². The molecular weight excluding hydrogens is 440 g/mol. The van der Waals surface area contributed by atoms with Crippen LogP contribution in [0.25, 0.3) is 0 Å². The largest absolute Gasteiger partial charge is 0.359 e. The number of anilines is 2. The molecule has 0 saturated carbocycles. The van der Waals surface area contributed by atoms with E-state index in [0.717, 1.165) is 4.31 Å². The van der Waals surface area contributed by atoms with Crippen molar-refractivity contribution in [2.75, 3.05) is 43.9 Å². The van der Waals surface area contributed by atoms with Crippen molar-refractivity contribution >= 4 is 44.8 Å². The van der Waals surface area contributed by atoms with Gasteiger partial charge in [0.1, 0.15) is 0 Å². The number of nitrogens with one attached hydrogen (secondary N) is 2. The Balaban J connectivity index is 1.86. The lowest BCUT2D eigenvalue weighted by Crippen LogP contribution is -2.47. The molecule has 0 aliphatic carbocycles. The van der Waals surface area contributed by atoms with Gasteiger partial charge in [-0.15, -0.1) is 0 Å². The van der Waals surface area contributed by atoms with Crippen LogP contribution in [0.4, 0.5) is 11.4 Å². The summed E-state index contributed by atoms with van der Waals surface area (Å²) in [5.74, 6) is -0.516. The minimum Gasteiger partial charge on any atom is -0.359 e. The number of carbonyl (C=O) groups excluding carboxylic acids is 2. The minimum absolute atomic E-state index is 0.0714. The van der Waals surface area contributed by atoms with Crippen molar-refractivity contribution in [3.63, 3.8) is 0 Å². The van der Waals surface area contributed by atoms with Crippen LogP contribution in [0, 0.1) is 13.8 Å². The van der Waals surface area contributed by atoms with Crippen LogP contribution in [-0.4, -0.2) is 58.3 Å². The molecule has 0 spiro atoms. The number of halogens is 1. The number of hydrogen-bond donors (Lipinski definition) is 2. The summed E-state index contributed by atoms with van der Waals surface area (Å²) in [5, 5.41) is 5.93. The smallest absolute Gasteiger partial charge is 0.255 e. The molecule has 1 fully saturated rings. The first-order valence-electron chi connectivity index (χ1n) is 9.67. The zero-order valence-electron chi connectivity index (χ0n) is 17.8. The summed E-state index contributed by atoms with van der Waals surface area (Å²) < 4.78 is 26.4. The lowest BCUT2D eigenvalue weighted by molar-refractivity contribution is -0.120. The molecule has 3 rings (SSSR count). The normalized spacial score (nSPS) is 14.5. The van der Waals surface area contributed by atoms with Crippen molar-refractivity contribution < 1.29 is 18.0 Å². The second kappa shape index (κ2) is 8.86. The second-order valence-corrected chi connectivity index (χ2v) is 10.1. The summed E-state index contributed by atoms with van der Waals surface area (Å²) in [5.41, 5.74) is 2.71. The molecule has 1 heterocycles. The molecule has 2 aromatic rings. The van der Waals surface area contributed by atoms with Crippen LogP contribution in [0.2, 0.25) is 5.02 Å². The van der Waals surface area contributed by atoms with Crippen LogP contribution in [-0.2, 0) is 14.8 Å². The molecule has 10 heteroatoms. The summed E-state index contributed by atoms with van der Waals surface area (Å²) in [6.45, 7) is 4.88. The van der Waals surface area contributed by atoms with Crippen molar-refractivity contribution in [1.82, 2.24) is 9.62 Å². The molecule has 1 saturated heterocycles. The molecule has 2 amide bonds. The number of hydrogen-bond acceptors (Lipinski definition) is 5. The zero-order valence-corrected chi connectivity index (χ0v) is 19.4. The molecule has 0 unspecified atom stereocenters. The summed E-state index contributed by atoms with van der Waals surface area (Å²) >= 11 is 6.40. The lowest BCUT2D eigenvalue weighted by Gasteiger charge is -2.29. The first-order chi connectivity index (χ1) is 14.5. The van der Waals surface area contributed by atoms with Gasteiger partial charge in [-0.1, -0.05) is 11.6 Å². The van der Waals surface area contributed by atoms with Gasteiger partial charge in [0.05, 0.1) is 22.2 Å². The fraction of sp³-hybridized carbons (Fsp3) is 0.333. The van der Waals surface area contributed by atoms with Crippen LogP contribution < -0.4 is 15.5 Å². The number of nitrogens with zero attached hydrogens (tertiary/aromatic N) is 2. The van der Waals surface area contributed by atoms with E-state index in [9.17, 15) is 18.0 Å². The van der Waals surface area contributed by atoms with E-state index in [0.29, 0.717) is 40.6 Å². The third kappa shape index (κ3) is 4.84. The highest BCUT2D eigenvalue weighted by atomic mass is 35.5. The molecule has 0 aromatic heterocycles. The quantitative estimate of drug-likeness (QED) is 0.707. The van der Waals surface area contributed by atoms with Gasteiger partial charge in [-0.3, -0.25) is 9.59 Å². The average molecular weight is 465 g/mol. The SMILES string of the molecule is Cc1cc(C(=O)Nc2ccc(N3CCNC(=O)C3)c(Cl)c2)cc(S(=O)(=O)N(C)C)c1C. The van der Waals surface area contributed by atoms with E-state index >= 15 is 0 Å². The number of amides is 2. The number of aryl methyl sites for hydroxylation is 1. The van der Waals surface area contributed by atoms with Gasteiger partial charge >= 0.3 is 0 Å². The Morgan fingerprint density at radius 1 is 1.19 bits per heavy atom. The van der Waals surface area contributed by atoms with Crippen molar-refractivity contribution in [2.24, 2.45) is 0 Å². The van der Waals surface area contributed by atoms with E-state index in [1.807, 2.05) is 4.90 Å². The van der Waals surface area contributed by atoms with E-state index < -0.39 is 15.9 Å². The molecular formula is C21H25ClN4O4S. The summed E-state index contributed by atoms with van der Waals surface area (Å²) in [6, 6.07) is 8.10. The maximum absolute atomic E-state index is 12.8. The van der Waals surface area contributed by atoms with Gasteiger partial charge in [0.25, 0.3) is 5.91 Å². The molecule has 1 aliphatic heterocycles. The average Bonchev–Trinajstić information content (AvgIpc) is 2.69.